The topological polar surface area (TPSA) is 70.7 Å². The minimum absolute atomic E-state index is 0.218. The highest BCUT2D eigenvalue weighted by molar-refractivity contribution is 5.78. The lowest BCUT2D eigenvalue weighted by Gasteiger charge is -2.16. The average Bonchev–Trinajstić information content (AvgIpc) is 3.08. The van der Waals surface area contributed by atoms with E-state index in [1.807, 2.05) is 60.4 Å². The van der Waals surface area contributed by atoms with Gasteiger partial charge in [0, 0.05) is 26.1 Å². The predicted molar refractivity (Wildman–Crippen MR) is 108 cm³/mol. The molecule has 0 aromatic heterocycles. The zero-order chi connectivity index (χ0) is 19.8. The molecule has 6 heteroatoms. The Hall–Kier alpha value is -3.02. The summed E-state index contributed by atoms with van der Waals surface area (Å²) in [4.78, 5) is 25.6. The number of likely N-dealkylation sites (tertiary alicyclic amines) is 1. The Kier molecular flexibility index (Phi) is 6.89. The van der Waals surface area contributed by atoms with Crippen molar-refractivity contribution in [3.8, 4) is 5.75 Å². The Labute approximate surface area is 165 Å². The maximum Gasteiger partial charge on any atom is 0.315 e. The standard InChI is InChI=1S/C22H27N3O3/c1-17-5-2-8-20(13-17)28-12-10-23-22(27)24-15-18-6-3-7-19(14-18)16-25-11-4-9-21(25)26/h2-3,5-8,13-14H,4,9-12,15-16H2,1H3,(H2,23,24,27). The highest BCUT2D eigenvalue weighted by atomic mass is 16.5. The smallest absolute Gasteiger partial charge is 0.315 e. The Balaban J connectivity index is 1.37. The van der Waals surface area contributed by atoms with Crippen LogP contribution in [0.15, 0.2) is 48.5 Å². The molecule has 0 saturated carbocycles. The Morgan fingerprint density at radius 1 is 1.11 bits per heavy atom. The molecule has 1 aliphatic heterocycles. The van der Waals surface area contributed by atoms with Gasteiger partial charge in [0.2, 0.25) is 5.91 Å². The molecular weight excluding hydrogens is 354 g/mol. The lowest BCUT2D eigenvalue weighted by molar-refractivity contribution is -0.128. The molecule has 3 amide bonds. The molecule has 1 saturated heterocycles. The molecule has 1 fully saturated rings. The average molecular weight is 381 g/mol. The van der Waals surface area contributed by atoms with Crippen molar-refractivity contribution in [2.45, 2.75) is 32.9 Å². The molecule has 0 unspecified atom stereocenters. The summed E-state index contributed by atoms with van der Waals surface area (Å²) in [6.45, 7) is 4.75. The molecule has 0 spiro atoms. The fourth-order valence-electron chi connectivity index (χ4n) is 3.21. The van der Waals surface area contributed by atoms with Crippen LogP contribution >= 0.6 is 0 Å². The van der Waals surface area contributed by atoms with Crippen LogP contribution < -0.4 is 15.4 Å². The third kappa shape index (κ3) is 6.01. The first kappa shape index (κ1) is 19.7. The molecule has 0 bridgehead atoms. The molecule has 28 heavy (non-hydrogen) atoms. The van der Waals surface area contributed by atoms with E-state index in [0.717, 1.165) is 35.4 Å². The number of urea groups is 1. The van der Waals surface area contributed by atoms with Gasteiger partial charge in [0.1, 0.15) is 12.4 Å². The van der Waals surface area contributed by atoms with Crippen molar-refractivity contribution in [1.82, 2.24) is 15.5 Å². The van der Waals surface area contributed by atoms with Gasteiger partial charge in [0.05, 0.1) is 6.54 Å². The van der Waals surface area contributed by atoms with Crippen molar-refractivity contribution in [3.63, 3.8) is 0 Å². The number of hydrogen-bond acceptors (Lipinski definition) is 3. The van der Waals surface area contributed by atoms with E-state index in [1.165, 1.54) is 0 Å². The quantitative estimate of drug-likeness (QED) is 0.691. The summed E-state index contributed by atoms with van der Waals surface area (Å²) in [5, 5.41) is 5.64. The number of benzene rings is 2. The molecule has 2 aromatic carbocycles. The Morgan fingerprint density at radius 2 is 1.93 bits per heavy atom. The van der Waals surface area contributed by atoms with E-state index in [2.05, 4.69) is 10.6 Å². The van der Waals surface area contributed by atoms with Crippen molar-refractivity contribution in [2.75, 3.05) is 19.7 Å². The molecule has 2 aromatic rings. The van der Waals surface area contributed by atoms with Gasteiger partial charge in [-0.25, -0.2) is 4.79 Å². The van der Waals surface area contributed by atoms with Crippen molar-refractivity contribution in [2.24, 2.45) is 0 Å². The summed E-state index contributed by atoms with van der Waals surface area (Å²) in [6, 6.07) is 15.6. The van der Waals surface area contributed by atoms with Crippen LogP contribution in [0.25, 0.3) is 0 Å². The second-order valence-corrected chi connectivity index (χ2v) is 7.01. The van der Waals surface area contributed by atoms with Gasteiger partial charge in [-0.1, -0.05) is 36.4 Å². The predicted octanol–water partition coefficient (Wildman–Crippen LogP) is 3.00. The first-order chi connectivity index (χ1) is 13.6. The Morgan fingerprint density at radius 3 is 2.71 bits per heavy atom. The lowest BCUT2D eigenvalue weighted by Crippen LogP contribution is -2.37. The fraction of sp³-hybridized carbons (Fsp3) is 0.364. The number of ether oxygens (including phenoxy) is 1. The molecule has 148 valence electrons. The van der Waals surface area contributed by atoms with E-state index in [1.54, 1.807) is 0 Å². The largest absolute Gasteiger partial charge is 0.492 e. The van der Waals surface area contributed by atoms with Crippen LogP contribution in [0.3, 0.4) is 0 Å². The van der Waals surface area contributed by atoms with Crippen molar-refractivity contribution < 1.29 is 14.3 Å². The molecule has 0 radical (unpaired) electrons. The first-order valence-electron chi connectivity index (χ1n) is 9.67. The van der Waals surface area contributed by atoms with E-state index in [4.69, 9.17) is 4.74 Å². The third-order valence-corrected chi connectivity index (χ3v) is 4.64. The summed E-state index contributed by atoms with van der Waals surface area (Å²) < 4.78 is 5.61. The van der Waals surface area contributed by atoms with Gasteiger partial charge in [-0.2, -0.15) is 0 Å². The van der Waals surface area contributed by atoms with Crippen LogP contribution in [-0.2, 0) is 17.9 Å². The van der Waals surface area contributed by atoms with Gasteiger partial charge in [0.25, 0.3) is 0 Å². The van der Waals surface area contributed by atoms with Crippen molar-refractivity contribution in [3.05, 3.63) is 65.2 Å². The van der Waals surface area contributed by atoms with Crippen LogP contribution in [0.5, 0.6) is 5.75 Å². The van der Waals surface area contributed by atoms with E-state index < -0.39 is 0 Å². The van der Waals surface area contributed by atoms with Gasteiger partial charge >= 0.3 is 6.03 Å². The Bertz CT molecular complexity index is 822. The summed E-state index contributed by atoms with van der Waals surface area (Å²) in [7, 11) is 0. The van der Waals surface area contributed by atoms with Gasteiger partial charge in [-0.15, -0.1) is 0 Å². The van der Waals surface area contributed by atoms with Crippen LogP contribution in [-0.4, -0.2) is 36.5 Å². The SMILES string of the molecule is Cc1cccc(OCCNC(=O)NCc2cccc(CN3CCCC3=O)c2)c1. The highest BCUT2D eigenvalue weighted by Gasteiger charge is 2.19. The molecule has 3 rings (SSSR count). The molecule has 1 aliphatic rings. The summed E-state index contributed by atoms with van der Waals surface area (Å²) >= 11 is 0. The number of nitrogens with zero attached hydrogens (tertiary/aromatic N) is 1. The minimum atomic E-state index is -0.229. The number of hydrogen-bond donors (Lipinski definition) is 2. The lowest BCUT2D eigenvalue weighted by atomic mass is 10.1. The molecule has 2 N–H and O–H groups in total. The number of rotatable bonds is 8. The van der Waals surface area contributed by atoms with Gasteiger partial charge in [-0.05, 0) is 42.2 Å². The molecule has 1 heterocycles. The van der Waals surface area contributed by atoms with E-state index in [-0.39, 0.29) is 11.9 Å². The van der Waals surface area contributed by atoms with Crippen molar-refractivity contribution >= 4 is 11.9 Å². The van der Waals surface area contributed by atoms with E-state index in [9.17, 15) is 9.59 Å². The minimum Gasteiger partial charge on any atom is -0.492 e. The zero-order valence-corrected chi connectivity index (χ0v) is 16.2. The molecular formula is C22H27N3O3. The summed E-state index contributed by atoms with van der Waals surface area (Å²) in [5.41, 5.74) is 3.23. The summed E-state index contributed by atoms with van der Waals surface area (Å²) in [6.07, 6.45) is 1.59. The highest BCUT2D eigenvalue weighted by Crippen LogP contribution is 2.15. The van der Waals surface area contributed by atoms with Crippen LogP contribution in [0, 0.1) is 6.92 Å². The third-order valence-electron chi connectivity index (χ3n) is 4.64. The van der Waals surface area contributed by atoms with Crippen LogP contribution in [0.4, 0.5) is 4.79 Å². The number of aryl methyl sites for hydroxylation is 1. The number of nitrogens with one attached hydrogen (secondary N) is 2. The van der Waals surface area contributed by atoms with Gasteiger partial charge < -0.3 is 20.3 Å². The van der Waals surface area contributed by atoms with Gasteiger partial charge in [-0.3, -0.25) is 4.79 Å². The number of carbonyl (C=O) groups is 2. The normalized spacial score (nSPS) is 13.5. The van der Waals surface area contributed by atoms with Crippen LogP contribution in [0.1, 0.15) is 29.5 Å². The number of amides is 3. The molecule has 0 atom stereocenters. The monoisotopic (exact) mass is 381 g/mol. The van der Waals surface area contributed by atoms with E-state index >= 15 is 0 Å². The zero-order valence-electron chi connectivity index (χ0n) is 16.2. The first-order valence-corrected chi connectivity index (χ1v) is 9.67. The van der Waals surface area contributed by atoms with Gasteiger partial charge in [0.15, 0.2) is 0 Å². The maximum absolute atomic E-state index is 12.0. The number of carbonyl (C=O) groups excluding carboxylic acids is 2. The molecule has 0 aliphatic carbocycles. The van der Waals surface area contributed by atoms with Crippen LogP contribution in [0.2, 0.25) is 0 Å². The fourth-order valence-corrected chi connectivity index (χ4v) is 3.21. The second-order valence-electron chi connectivity index (χ2n) is 7.01. The summed E-state index contributed by atoms with van der Waals surface area (Å²) in [5.74, 6) is 1.02. The van der Waals surface area contributed by atoms with E-state index in [0.29, 0.717) is 32.7 Å². The van der Waals surface area contributed by atoms with Crippen molar-refractivity contribution in [1.29, 1.82) is 0 Å². The molecule has 6 nitrogen and oxygen atoms in total. The maximum atomic E-state index is 12.0. The second kappa shape index (κ2) is 9.78.